The number of aromatic amines is 1. The van der Waals surface area contributed by atoms with Crippen molar-refractivity contribution in [2.45, 2.75) is 50.2 Å². The van der Waals surface area contributed by atoms with Crippen molar-refractivity contribution in [2.75, 3.05) is 13.1 Å². The number of benzene rings is 2. The topological polar surface area (TPSA) is 101 Å². The summed E-state index contributed by atoms with van der Waals surface area (Å²) in [4.78, 5) is 39.8. The highest BCUT2D eigenvalue weighted by Crippen LogP contribution is 2.37. The van der Waals surface area contributed by atoms with Gasteiger partial charge < -0.3 is 14.8 Å². The molecule has 2 aromatic carbocycles. The van der Waals surface area contributed by atoms with E-state index in [-0.39, 0.29) is 23.7 Å². The van der Waals surface area contributed by atoms with Crippen LogP contribution in [0.15, 0.2) is 77.9 Å². The average molecular weight is 584 g/mol. The number of amides is 2. The van der Waals surface area contributed by atoms with Crippen molar-refractivity contribution < 1.29 is 13.6 Å². The number of hydrogen-bond donors (Lipinski definition) is 2. The Balaban J connectivity index is 1.12. The fourth-order valence-electron chi connectivity index (χ4n) is 6.62. The number of likely N-dealkylation sites (tertiary alicyclic amines) is 1. The Labute approximate surface area is 246 Å². The number of urea groups is 1. The quantitative estimate of drug-likeness (QED) is 0.291. The Morgan fingerprint density at radius 3 is 2.56 bits per heavy atom. The van der Waals surface area contributed by atoms with E-state index >= 15 is 0 Å². The molecule has 0 aliphatic carbocycles. The van der Waals surface area contributed by atoms with E-state index in [1.165, 1.54) is 6.07 Å². The molecule has 2 atom stereocenters. The molecule has 2 aliphatic rings. The standard InChI is InChI=1S/C32H31F2N7O2/c33-24-9-4-8-23(28(24)34)21-11-12-25(30-36-18-27(40(30)19-21)20-6-2-1-3-7-20)37-31(42)39-16-13-22(14-17-39)41-26-10-5-15-35-29(26)38-32(41)43/h1-10,15,18,21-22,25H,11-14,16-17,19H2,(H,37,42)(H,35,38,43)/t21-,25-/m1/s1. The van der Waals surface area contributed by atoms with E-state index in [1.54, 1.807) is 27.9 Å². The zero-order valence-electron chi connectivity index (χ0n) is 23.4. The van der Waals surface area contributed by atoms with Crippen LogP contribution in [-0.4, -0.2) is 48.1 Å². The Hall–Kier alpha value is -4.80. The molecule has 0 bridgehead atoms. The maximum absolute atomic E-state index is 14.9. The van der Waals surface area contributed by atoms with Crippen LogP contribution in [0.4, 0.5) is 13.6 Å². The van der Waals surface area contributed by atoms with Gasteiger partial charge in [0.1, 0.15) is 5.82 Å². The third-order valence-corrected chi connectivity index (χ3v) is 8.80. The van der Waals surface area contributed by atoms with Crippen molar-refractivity contribution in [1.29, 1.82) is 0 Å². The van der Waals surface area contributed by atoms with E-state index in [9.17, 15) is 18.4 Å². The molecule has 0 spiro atoms. The molecule has 5 aromatic rings. The molecule has 220 valence electrons. The lowest BCUT2D eigenvalue weighted by atomic mass is 9.92. The lowest BCUT2D eigenvalue weighted by Gasteiger charge is -2.33. The molecule has 43 heavy (non-hydrogen) atoms. The monoisotopic (exact) mass is 583 g/mol. The molecule has 2 amide bonds. The van der Waals surface area contributed by atoms with Gasteiger partial charge in [0, 0.05) is 37.8 Å². The van der Waals surface area contributed by atoms with Gasteiger partial charge >= 0.3 is 11.7 Å². The van der Waals surface area contributed by atoms with Gasteiger partial charge in [0.25, 0.3) is 0 Å². The number of carbonyl (C=O) groups is 1. The normalized spacial score (nSPS) is 19.3. The zero-order valence-corrected chi connectivity index (χ0v) is 23.4. The highest BCUT2D eigenvalue weighted by atomic mass is 19.2. The molecule has 7 rings (SSSR count). The van der Waals surface area contributed by atoms with Gasteiger partial charge in [-0.2, -0.15) is 0 Å². The Morgan fingerprint density at radius 2 is 1.74 bits per heavy atom. The smallest absolute Gasteiger partial charge is 0.327 e. The van der Waals surface area contributed by atoms with Crippen LogP contribution in [0.1, 0.15) is 55.1 Å². The van der Waals surface area contributed by atoms with Crippen molar-refractivity contribution in [1.82, 2.24) is 34.3 Å². The number of imidazole rings is 2. The second-order valence-corrected chi connectivity index (χ2v) is 11.3. The van der Waals surface area contributed by atoms with Crippen LogP contribution in [-0.2, 0) is 6.54 Å². The number of H-pyrrole nitrogens is 1. The number of halogens is 2. The first-order valence-corrected chi connectivity index (χ1v) is 14.6. The third-order valence-electron chi connectivity index (χ3n) is 8.80. The van der Waals surface area contributed by atoms with E-state index in [0.29, 0.717) is 62.4 Å². The first kappa shape index (κ1) is 27.1. The first-order valence-electron chi connectivity index (χ1n) is 14.6. The highest BCUT2D eigenvalue weighted by Gasteiger charge is 2.33. The summed E-state index contributed by atoms with van der Waals surface area (Å²) in [7, 11) is 0. The molecule has 2 aliphatic heterocycles. The Morgan fingerprint density at radius 1 is 0.930 bits per heavy atom. The van der Waals surface area contributed by atoms with Gasteiger partial charge in [0.15, 0.2) is 17.3 Å². The van der Waals surface area contributed by atoms with Crippen molar-refractivity contribution in [3.8, 4) is 11.3 Å². The minimum absolute atomic E-state index is 0.0402. The number of nitrogens with zero attached hydrogens (tertiary/aromatic N) is 5. The van der Waals surface area contributed by atoms with Crippen LogP contribution < -0.4 is 11.0 Å². The lowest BCUT2D eigenvalue weighted by Crippen LogP contribution is -2.46. The maximum Gasteiger partial charge on any atom is 0.327 e. The third kappa shape index (κ3) is 4.98. The summed E-state index contributed by atoms with van der Waals surface area (Å²) in [5.74, 6) is -1.30. The average Bonchev–Trinajstić information content (AvgIpc) is 3.55. The highest BCUT2D eigenvalue weighted by molar-refractivity contribution is 5.75. The number of rotatable bonds is 4. The summed E-state index contributed by atoms with van der Waals surface area (Å²) in [6.07, 6.45) is 5.76. The maximum atomic E-state index is 14.9. The number of hydrogen-bond acceptors (Lipinski definition) is 4. The van der Waals surface area contributed by atoms with Crippen molar-refractivity contribution in [3.63, 3.8) is 0 Å². The molecular formula is C32H31F2N7O2. The molecular weight excluding hydrogens is 552 g/mol. The van der Waals surface area contributed by atoms with Gasteiger partial charge in [-0.15, -0.1) is 0 Å². The second kappa shape index (κ2) is 11.1. The van der Waals surface area contributed by atoms with E-state index in [1.807, 2.05) is 47.0 Å². The number of carbonyl (C=O) groups excluding carboxylic acids is 1. The fourth-order valence-corrected chi connectivity index (χ4v) is 6.62. The van der Waals surface area contributed by atoms with Gasteiger partial charge in [-0.05, 0) is 55.0 Å². The first-order chi connectivity index (χ1) is 21.0. The largest absolute Gasteiger partial charge is 0.328 e. The summed E-state index contributed by atoms with van der Waals surface area (Å²) in [6.45, 7) is 1.39. The number of piperidine rings is 1. The molecule has 0 radical (unpaired) electrons. The zero-order chi connectivity index (χ0) is 29.5. The van der Waals surface area contributed by atoms with E-state index < -0.39 is 17.7 Å². The van der Waals surface area contributed by atoms with E-state index in [4.69, 9.17) is 4.98 Å². The summed E-state index contributed by atoms with van der Waals surface area (Å²) >= 11 is 0. The summed E-state index contributed by atoms with van der Waals surface area (Å²) in [6, 6.07) is 17.1. The van der Waals surface area contributed by atoms with Crippen LogP contribution in [0.3, 0.4) is 0 Å². The summed E-state index contributed by atoms with van der Waals surface area (Å²) in [5, 5.41) is 3.19. The van der Waals surface area contributed by atoms with E-state index in [2.05, 4.69) is 15.3 Å². The lowest BCUT2D eigenvalue weighted by molar-refractivity contribution is 0.167. The van der Waals surface area contributed by atoms with Crippen LogP contribution in [0.2, 0.25) is 0 Å². The van der Waals surface area contributed by atoms with Crippen molar-refractivity contribution in [3.05, 3.63) is 107 Å². The Bertz CT molecular complexity index is 1840. The number of nitrogens with one attached hydrogen (secondary N) is 2. The van der Waals surface area contributed by atoms with Gasteiger partial charge in [-0.1, -0.05) is 42.5 Å². The van der Waals surface area contributed by atoms with Gasteiger partial charge in [0.05, 0.1) is 23.4 Å². The molecule has 0 unspecified atom stereocenters. The molecule has 1 fully saturated rings. The number of fused-ring (bicyclic) bond motifs is 2. The van der Waals surface area contributed by atoms with Gasteiger partial charge in [-0.25, -0.2) is 28.3 Å². The van der Waals surface area contributed by atoms with Crippen molar-refractivity contribution in [2.24, 2.45) is 0 Å². The summed E-state index contributed by atoms with van der Waals surface area (Å²) < 4.78 is 32.9. The second-order valence-electron chi connectivity index (χ2n) is 11.3. The van der Waals surface area contributed by atoms with Crippen LogP contribution in [0, 0.1) is 11.6 Å². The molecule has 11 heteroatoms. The molecule has 9 nitrogen and oxygen atoms in total. The number of aromatic nitrogens is 5. The van der Waals surface area contributed by atoms with Gasteiger partial charge in [-0.3, -0.25) is 9.55 Å². The van der Waals surface area contributed by atoms with Crippen LogP contribution in [0.5, 0.6) is 0 Å². The minimum Gasteiger partial charge on any atom is -0.328 e. The molecule has 2 N–H and O–H groups in total. The Kier molecular flexibility index (Phi) is 7.00. The minimum atomic E-state index is -0.865. The molecule has 5 heterocycles. The van der Waals surface area contributed by atoms with Crippen LogP contribution in [0.25, 0.3) is 22.4 Å². The fraction of sp³-hybridized carbons (Fsp3) is 0.312. The SMILES string of the molecule is O=C(N[C@@H]1CC[C@@H](c2cccc(F)c2F)Cn2c(-c3ccccc3)cnc21)N1CCC(n2c(=O)[nH]c3ncccc32)CC1. The number of pyridine rings is 1. The molecule has 0 saturated carbocycles. The predicted molar refractivity (Wildman–Crippen MR) is 157 cm³/mol. The summed E-state index contributed by atoms with van der Waals surface area (Å²) in [5.41, 5.74) is 3.27. The molecule has 3 aromatic heterocycles. The molecule has 1 saturated heterocycles. The van der Waals surface area contributed by atoms with Gasteiger partial charge in [0.2, 0.25) is 0 Å². The van der Waals surface area contributed by atoms with Crippen LogP contribution >= 0.6 is 0 Å². The predicted octanol–water partition coefficient (Wildman–Crippen LogP) is 5.53. The van der Waals surface area contributed by atoms with Crippen molar-refractivity contribution >= 4 is 17.2 Å². The van der Waals surface area contributed by atoms with E-state index in [0.717, 1.165) is 22.8 Å².